The van der Waals surface area contributed by atoms with E-state index in [0.717, 1.165) is 54.4 Å². The van der Waals surface area contributed by atoms with Crippen LogP contribution >= 0.6 is 0 Å². The number of carbonyl (C=O) groups excluding carboxylic acids is 1. The number of pyridine rings is 1. The number of nitrogens with zero attached hydrogens (tertiary/aromatic N) is 2. The van der Waals surface area contributed by atoms with Gasteiger partial charge in [-0.15, -0.1) is 0 Å². The largest absolute Gasteiger partial charge is 0.381 e. The highest BCUT2D eigenvalue weighted by atomic mass is 16.5. The Labute approximate surface area is 160 Å². The van der Waals surface area contributed by atoms with Gasteiger partial charge in [0.2, 0.25) is 0 Å². The molecule has 1 saturated heterocycles. The van der Waals surface area contributed by atoms with Crippen molar-refractivity contribution in [1.82, 2.24) is 9.88 Å². The molecule has 5 nitrogen and oxygen atoms in total. The van der Waals surface area contributed by atoms with Crippen LogP contribution < -0.4 is 0 Å². The molecule has 2 aliphatic rings. The zero-order chi connectivity index (χ0) is 19.2. The van der Waals surface area contributed by atoms with E-state index in [1.807, 2.05) is 30.0 Å². The molecule has 3 atom stereocenters. The Kier molecular flexibility index (Phi) is 4.68. The number of carbonyl (C=O) groups is 1. The summed E-state index contributed by atoms with van der Waals surface area (Å²) in [6.07, 6.45) is 3.82. The summed E-state index contributed by atoms with van der Waals surface area (Å²) in [5.74, 6) is 0.0593. The van der Waals surface area contributed by atoms with Gasteiger partial charge in [0.25, 0.3) is 5.91 Å². The van der Waals surface area contributed by atoms with Crippen molar-refractivity contribution < 1.29 is 14.3 Å². The van der Waals surface area contributed by atoms with Crippen LogP contribution in [-0.4, -0.2) is 54.3 Å². The Morgan fingerprint density at radius 1 is 1.26 bits per heavy atom. The third-order valence-corrected chi connectivity index (χ3v) is 6.60. The zero-order valence-corrected chi connectivity index (χ0v) is 16.6. The van der Waals surface area contributed by atoms with Crippen LogP contribution in [-0.2, 0) is 9.47 Å². The first-order valence-corrected chi connectivity index (χ1v) is 9.75. The topological polar surface area (TPSA) is 51.7 Å². The quantitative estimate of drug-likeness (QED) is 0.830. The lowest BCUT2D eigenvalue weighted by atomic mass is 9.79. The summed E-state index contributed by atoms with van der Waals surface area (Å²) in [7, 11) is 3.53. The summed E-state index contributed by atoms with van der Waals surface area (Å²) >= 11 is 0. The number of methoxy groups -OCH3 is 2. The summed E-state index contributed by atoms with van der Waals surface area (Å²) in [5, 5.41) is 1.01. The number of aryl methyl sites for hydroxylation is 2. The molecule has 5 heteroatoms. The Balaban J connectivity index is 1.70. The molecule has 1 amide bonds. The van der Waals surface area contributed by atoms with Gasteiger partial charge in [0, 0.05) is 26.2 Å². The number of benzene rings is 1. The summed E-state index contributed by atoms with van der Waals surface area (Å²) in [6.45, 7) is 4.70. The van der Waals surface area contributed by atoms with Crippen molar-refractivity contribution in [2.75, 3.05) is 20.8 Å². The van der Waals surface area contributed by atoms with Crippen molar-refractivity contribution in [3.05, 3.63) is 41.1 Å². The van der Waals surface area contributed by atoms with E-state index in [1.165, 1.54) is 0 Å². The maximum atomic E-state index is 13.5. The lowest BCUT2D eigenvalue weighted by Crippen LogP contribution is -2.53. The minimum Gasteiger partial charge on any atom is -0.381 e. The first-order valence-electron chi connectivity index (χ1n) is 9.75. The van der Waals surface area contributed by atoms with Crippen LogP contribution in [0, 0.1) is 13.8 Å². The number of fused-ring (bicyclic) bond motifs is 2. The van der Waals surface area contributed by atoms with E-state index >= 15 is 0 Å². The molecule has 1 aliphatic carbocycles. The SMILES string of the molecule is COC1CCC2(OC)CCN(C(=O)c3cc4cccc(C)c4nc3C)C2C1. The van der Waals surface area contributed by atoms with Crippen molar-refractivity contribution in [1.29, 1.82) is 0 Å². The molecule has 27 heavy (non-hydrogen) atoms. The number of para-hydroxylation sites is 1. The van der Waals surface area contributed by atoms with Gasteiger partial charge in [0.15, 0.2) is 0 Å². The molecule has 2 aromatic rings. The van der Waals surface area contributed by atoms with Crippen molar-refractivity contribution in [2.45, 2.75) is 57.3 Å². The highest BCUT2D eigenvalue weighted by molar-refractivity contribution is 5.99. The lowest BCUT2D eigenvalue weighted by Gasteiger charge is -2.43. The normalized spacial score (nSPS) is 27.8. The molecule has 1 saturated carbocycles. The fourth-order valence-corrected chi connectivity index (χ4v) is 4.93. The smallest absolute Gasteiger partial charge is 0.256 e. The Morgan fingerprint density at radius 2 is 2.07 bits per heavy atom. The fraction of sp³-hybridized carbons (Fsp3) is 0.545. The molecule has 1 aromatic heterocycles. The van der Waals surface area contributed by atoms with Gasteiger partial charge in [-0.2, -0.15) is 0 Å². The van der Waals surface area contributed by atoms with E-state index in [2.05, 4.69) is 13.0 Å². The number of rotatable bonds is 3. The van der Waals surface area contributed by atoms with Crippen LogP contribution in [0.15, 0.2) is 24.3 Å². The first kappa shape index (κ1) is 18.4. The van der Waals surface area contributed by atoms with Gasteiger partial charge in [0.05, 0.1) is 34.5 Å². The van der Waals surface area contributed by atoms with E-state index in [4.69, 9.17) is 14.5 Å². The van der Waals surface area contributed by atoms with Crippen LogP contribution in [0.25, 0.3) is 10.9 Å². The molecular formula is C22H28N2O3. The molecule has 2 fully saturated rings. The van der Waals surface area contributed by atoms with Gasteiger partial charge in [-0.3, -0.25) is 9.78 Å². The predicted octanol–water partition coefficient (Wildman–Crippen LogP) is 3.65. The molecule has 2 heterocycles. The number of ether oxygens (including phenoxy) is 2. The van der Waals surface area contributed by atoms with E-state index in [1.54, 1.807) is 14.2 Å². The number of likely N-dealkylation sites (tertiary alicyclic amines) is 1. The van der Waals surface area contributed by atoms with Gasteiger partial charge in [0.1, 0.15) is 0 Å². The first-order chi connectivity index (χ1) is 13.0. The highest BCUT2D eigenvalue weighted by Crippen LogP contribution is 2.43. The zero-order valence-electron chi connectivity index (χ0n) is 16.6. The fourth-order valence-electron chi connectivity index (χ4n) is 4.93. The summed E-state index contributed by atoms with van der Waals surface area (Å²) < 4.78 is 11.6. The number of amides is 1. The maximum absolute atomic E-state index is 13.5. The van der Waals surface area contributed by atoms with Gasteiger partial charge in [-0.1, -0.05) is 18.2 Å². The molecule has 0 spiro atoms. The summed E-state index contributed by atoms with van der Waals surface area (Å²) in [6, 6.07) is 8.14. The summed E-state index contributed by atoms with van der Waals surface area (Å²) in [5.41, 5.74) is 3.34. The second kappa shape index (κ2) is 6.88. The third-order valence-electron chi connectivity index (χ3n) is 6.60. The standard InChI is InChI=1S/C22H28N2O3/c1-14-6-5-7-16-12-18(15(2)23-20(14)16)21(25)24-11-10-22(27-4)9-8-17(26-3)13-19(22)24/h5-7,12,17,19H,8-11,13H2,1-4H3. The molecule has 1 aromatic carbocycles. The molecule has 3 unspecified atom stereocenters. The van der Waals surface area contributed by atoms with Crippen LogP contribution in [0.3, 0.4) is 0 Å². The lowest BCUT2D eigenvalue weighted by molar-refractivity contribution is -0.0893. The maximum Gasteiger partial charge on any atom is 0.256 e. The van der Waals surface area contributed by atoms with E-state index in [-0.39, 0.29) is 23.7 Å². The van der Waals surface area contributed by atoms with E-state index in [0.29, 0.717) is 5.56 Å². The van der Waals surface area contributed by atoms with Crippen molar-refractivity contribution in [2.24, 2.45) is 0 Å². The van der Waals surface area contributed by atoms with Gasteiger partial charge in [-0.05, 0) is 51.2 Å². The van der Waals surface area contributed by atoms with Gasteiger partial charge < -0.3 is 14.4 Å². The number of aromatic nitrogens is 1. The molecule has 0 radical (unpaired) electrons. The Morgan fingerprint density at radius 3 is 2.81 bits per heavy atom. The van der Waals surface area contributed by atoms with E-state index < -0.39 is 0 Å². The van der Waals surface area contributed by atoms with Crippen molar-refractivity contribution in [3.8, 4) is 0 Å². The van der Waals surface area contributed by atoms with Crippen LogP contribution in [0.5, 0.6) is 0 Å². The second-order valence-electron chi connectivity index (χ2n) is 7.93. The highest BCUT2D eigenvalue weighted by Gasteiger charge is 2.52. The second-order valence-corrected chi connectivity index (χ2v) is 7.93. The Hall–Kier alpha value is -1.98. The predicted molar refractivity (Wildman–Crippen MR) is 105 cm³/mol. The molecule has 144 valence electrons. The molecule has 1 aliphatic heterocycles. The monoisotopic (exact) mass is 368 g/mol. The van der Waals surface area contributed by atoms with Crippen molar-refractivity contribution in [3.63, 3.8) is 0 Å². The average molecular weight is 368 g/mol. The average Bonchev–Trinajstić information content (AvgIpc) is 3.07. The summed E-state index contributed by atoms with van der Waals surface area (Å²) in [4.78, 5) is 20.2. The minimum absolute atomic E-state index is 0.0568. The van der Waals surface area contributed by atoms with Crippen LogP contribution in [0.2, 0.25) is 0 Å². The molecular weight excluding hydrogens is 340 g/mol. The Bertz CT molecular complexity index is 881. The molecule has 4 rings (SSSR count). The van der Waals surface area contributed by atoms with E-state index in [9.17, 15) is 4.79 Å². The third kappa shape index (κ3) is 2.93. The molecule has 0 bridgehead atoms. The van der Waals surface area contributed by atoms with Crippen molar-refractivity contribution >= 4 is 16.8 Å². The van der Waals surface area contributed by atoms with Gasteiger partial charge >= 0.3 is 0 Å². The van der Waals surface area contributed by atoms with Crippen LogP contribution in [0.1, 0.15) is 47.3 Å². The molecule has 0 N–H and O–H groups in total. The van der Waals surface area contributed by atoms with Gasteiger partial charge in [-0.25, -0.2) is 0 Å². The number of hydrogen-bond donors (Lipinski definition) is 0. The number of hydrogen-bond acceptors (Lipinski definition) is 4. The van der Waals surface area contributed by atoms with Crippen LogP contribution in [0.4, 0.5) is 0 Å². The minimum atomic E-state index is -0.237.